The molecule has 0 radical (unpaired) electrons. The number of amides is 1. The Morgan fingerprint density at radius 3 is 2.48 bits per heavy atom. The Balaban J connectivity index is 1.90. The van der Waals surface area contributed by atoms with E-state index >= 15 is 0 Å². The molecule has 3 aromatic rings. The van der Waals surface area contributed by atoms with Crippen LogP contribution in [0, 0.1) is 0 Å². The molecule has 1 N–H and O–H groups in total. The van der Waals surface area contributed by atoms with Crippen LogP contribution < -0.4 is 5.32 Å². The summed E-state index contributed by atoms with van der Waals surface area (Å²) in [5, 5.41) is 3.01. The number of aromatic nitrogens is 2. The van der Waals surface area contributed by atoms with E-state index in [1.165, 1.54) is 0 Å². The van der Waals surface area contributed by atoms with Crippen molar-refractivity contribution in [1.82, 2.24) is 9.55 Å². The van der Waals surface area contributed by atoms with Gasteiger partial charge < -0.3 is 4.57 Å². The van der Waals surface area contributed by atoms with E-state index in [-0.39, 0.29) is 11.8 Å². The monoisotopic (exact) mass is 307 g/mol. The van der Waals surface area contributed by atoms with Gasteiger partial charge in [0.25, 0.3) is 0 Å². The van der Waals surface area contributed by atoms with Gasteiger partial charge in [0.2, 0.25) is 11.9 Å². The normalized spacial score (nSPS) is 12.3. The van der Waals surface area contributed by atoms with E-state index in [1.54, 1.807) is 0 Å². The molecule has 4 nitrogen and oxygen atoms in total. The highest BCUT2D eigenvalue weighted by molar-refractivity contribution is 5.96. The molecule has 0 aliphatic carbocycles. The summed E-state index contributed by atoms with van der Waals surface area (Å²) in [6.07, 6.45) is 0.752. The number of anilines is 1. The molecule has 0 fully saturated rings. The molecule has 0 aliphatic rings. The Hall–Kier alpha value is -2.62. The fourth-order valence-electron chi connectivity index (χ4n) is 2.95. The zero-order chi connectivity index (χ0) is 16.2. The molecule has 0 spiro atoms. The van der Waals surface area contributed by atoms with Crippen molar-refractivity contribution in [3.05, 3.63) is 60.2 Å². The lowest BCUT2D eigenvalue weighted by atomic mass is 9.96. The minimum absolute atomic E-state index is 0.0105. The standard InChI is InChI=1S/C19H21N3O/c1-3-15(14-10-6-5-7-11-14)18(23)21-19-20-16-12-8-9-13-17(16)22(19)4-2/h5-13,15H,3-4H2,1-2H3,(H,20,21,23). The predicted molar refractivity (Wildman–Crippen MR) is 93.5 cm³/mol. The van der Waals surface area contributed by atoms with Crippen LogP contribution in [-0.4, -0.2) is 15.5 Å². The lowest BCUT2D eigenvalue weighted by Gasteiger charge is -2.15. The molecule has 0 saturated heterocycles. The van der Waals surface area contributed by atoms with Gasteiger partial charge in [-0.1, -0.05) is 49.4 Å². The van der Waals surface area contributed by atoms with Crippen molar-refractivity contribution < 1.29 is 4.79 Å². The summed E-state index contributed by atoms with van der Waals surface area (Å²) in [5.41, 5.74) is 2.97. The SMILES string of the molecule is CCC(C(=O)Nc1nc2ccccc2n1CC)c1ccccc1. The highest BCUT2D eigenvalue weighted by atomic mass is 16.2. The number of benzene rings is 2. The van der Waals surface area contributed by atoms with Gasteiger partial charge in [-0.05, 0) is 31.0 Å². The smallest absolute Gasteiger partial charge is 0.234 e. The van der Waals surface area contributed by atoms with Crippen LogP contribution in [0.2, 0.25) is 0 Å². The first-order valence-corrected chi connectivity index (χ1v) is 8.05. The number of nitrogens with one attached hydrogen (secondary N) is 1. The summed E-state index contributed by atoms with van der Waals surface area (Å²) in [6, 6.07) is 17.8. The van der Waals surface area contributed by atoms with Gasteiger partial charge in [0.1, 0.15) is 0 Å². The highest BCUT2D eigenvalue weighted by Crippen LogP contribution is 2.23. The Kier molecular flexibility index (Phi) is 4.42. The summed E-state index contributed by atoms with van der Waals surface area (Å²) in [5.74, 6) is 0.443. The summed E-state index contributed by atoms with van der Waals surface area (Å²) >= 11 is 0. The molecule has 4 heteroatoms. The molecule has 0 saturated carbocycles. The second-order valence-corrected chi connectivity index (χ2v) is 5.53. The maximum Gasteiger partial charge on any atom is 0.234 e. The molecule has 1 atom stereocenters. The van der Waals surface area contributed by atoms with Crippen LogP contribution in [0.3, 0.4) is 0 Å². The van der Waals surface area contributed by atoms with Crippen LogP contribution in [-0.2, 0) is 11.3 Å². The third kappa shape index (κ3) is 2.97. The molecule has 1 unspecified atom stereocenters. The van der Waals surface area contributed by atoms with Gasteiger partial charge in [0, 0.05) is 6.54 Å². The highest BCUT2D eigenvalue weighted by Gasteiger charge is 2.20. The van der Waals surface area contributed by atoms with E-state index in [1.807, 2.05) is 66.1 Å². The van der Waals surface area contributed by atoms with Crippen LogP contribution in [0.25, 0.3) is 11.0 Å². The molecular weight excluding hydrogens is 286 g/mol. The number of imidazole rings is 1. The van der Waals surface area contributed by atoms with E-state index in [0.29, 0.717) is 5.95 Å². The van der Waals surface area contributed by atoms with E-state index in [9.17, 15) is 4.79 Å². The number of carbonyl (C=O) groups excluding carboxylic acids is 1. The van der Waals surface area contributed by atoms with E-state index in [4.69, 9.17) is 0 Å². The van der Waals surface area contributed by atoms with Crippen molar-refractivity contribution in [3.63, 3.8) is 0 Å². The van der Waals surface area contributed by atoms with Crippen LogP contribution in [0.4, 0.5) is 5.95 Å². The van der Waals surface area contributed by atoms with Gasteiger partial charge in [-0.15, -0.1) is 0 Å². The average Bonchev–Trinajstić information content (AvgIpc) is 2.93. The number of carbonyl (C=O) groups is 1. The summed E-state index contributed by atoms with van der Waals surface area (Å²) in [4.78, 5) is 17.3. The molecule has 1 aromatic heterocycles. The van der Waals surface area contributed by atoms with Crippen molar-refractivity contribution in [2.75, 3.05) is 5.32 Å². The fraction of sp³-hybridized carbons (Fsp3) is 0.263. The molecule has 1 heterocycles. The lowest BCUT2D eigenvalue weighted by molar-refractivity contribution is -0.117. The van der Waals surface area contributed by atoms with Gasteiger partial charge in [-0.2, -0.15) is 0 Å². The average molecular weight is 307 g/mol. The van der Waals surface area contributed by atoms with Gasteiger partial charge in [0.15, 0.2) is 0 Å². The van der Waals surface area contributed by atoms with Gasteiger partial charge in [0.05, 0.1) is 17.0 Å². The molecule has 118 valence electrons. The van der Waals surface area contributed by atoms with E-state index in [2.05, 4.69) is 17.2 Å². The first-order valence-electron chi connectivity index (χ1n) is 8.05. The summed E-state index contributed by atoms with van der Waals surface area (Å²) in [7, 11) is 0. The number of fused-ring (bicyclic) bond motifs is 1. The fourth-order valence-corrected chi connectivity index (χ4v) is 2.95. The Labute approximate surface area is 136 Å². The largest absolute Gasteiger partial charge is 0.310 e. The maximum absolute atomic E-state index is 12.7. The van der Waals surface area contributed by atoms with Gasteiger partial charge in [-0.25, -0.2) is 4.98 Å². The third-order valence-corrected chi connectivity index (χ3v) is 4.13. The number of nitrogens with zero attached hydrogens (tertiary/aromatic N) is 2. The molecule has 0 aliphatic heterocycles. The molecule has 0 bridgehead atoms. The first kappa shape index (κ1) is 15.3. The number of hydrogen-bond donors (Lipinski definition) is 1. The molecular formula is C19H21N3O. The molecule has 3 rings (SSSR count). The van der Waals surface area contributed by atoms with Crippen molar-refractivity contribution in [2.24, 2.45) is 0 Å². The minimum Gasteiger partial charge on any atom is -0.310 e. The first-order chi connectivity index (χ1) is 11.2. The van der Waals surface area contributed by atoms with E-state index in [0.717, 1.165) is 29.6 Å². The van der Waals surface area contributed by atoms with Gasteiger partial charge >= 0.3 is 0 Å². The molecule has 1 amide bonds. The Morgan fingerprint density at radius 1 is 1.09 bits per heavy atom. The number of rotatable bonds is 5. The van der Waals surface area contributed by atoms with Crippen LogP contribution in [0.5, 0.6) is 0 Å². The van der Waals surface area contributed by atoms with Crippen molar-refractivity contribution in [2.45, 2.75) is 32.7 Å². The second kappa shape index (κ2) is 6.65. The van der Waals surface area contributed by atoms with Crippen LogP contribution in [0.15, 0.2) is 54.6 Å². The van der Waals surface area contributed by atoms with Crippen molar-refractivity contribution in [1.29, 1.82) is 0 Å². The topological polar surface area (TPSA) is 46.9 Å². The van der Waals surface area contributed by atoms with Crippen molar-refractivity contribution in [3.8, 4) is 0 Å². The molecule has 23 heavy (non-hydrogen) atoms. The lowest BCUT2D eigenvalue weighted by Crippen LogP contribution is -2.22. The number of aryl methyl sites for hydroxylation is 1. The summed E-state index contributed by atoms with van der Waals surface area (Å²) in [6.45, 7) is 4.84. The Morgan fingerprint density at radius 2 is 1.78 bits per heavy atom. The Bertz CT molecular complexity index is 808. The summed E-state index contributed by atoms with van der Waals surface area (Å²) < 4.78 is 2.03. The predicted octanol–water partition coefficient (Wildman–Crippen LogP) is 4.19. The quantitative estimate of drug-likeness (QED) is 0.768. The number of para-hydroxylation sites is 2. The molecule has 2 aromatic carbocycles. The zero-order valence-electron chi connectivity index (χ0n) is 13.5. The minimum atomic E-state index is -0.165. The van der Waals surface area contributed by atoms with Gasteiger partial charge in [-0.3, -0.25) is 10.1 Å². The van der Waals surface area contributed by atoms with Crippen LogP contribution >= 0.6 is 0 Å². The maximum atomic E-state index is 12.7. The van der Waals surface area contributed by atoms with Crippen LogP contribution in [0.1, 0.15) is 31.7 Å². The second-order valence-electron chi connectivity index (χ2n) is 5.53. The van der Waals surface area contributed by atoms with Crippen molar-refractivity contribution >= 4 is 22.9 Å². The number of hydrogen-bond acceptors (Lipinski definition) is 2. The zero-order valence-corrected chi connectivity index (χ0v) is 13.5. The van der Waals surface area contributed by atoms with E-state index < -0.39 is 0 Å². The third-order valence-electron chi connectivity index (χ3n) is 4.13.